The van der Waals surface area contributed by atoms with Crippen LogP contribution >= 0.6 is 11.6 Å². The molecular weight excluding hydrogens is 346 g/mol. The molecule has 0 atom stereocenters. The van der Waals surface area contributed by atoms with Crippen molar-refractivity contribution in [3.05, 3.63) is 33.3 Å². The van der Waals surface area contributed by atoms with Gasteiger partial charge in [0.05, 0.1) is 11.2 Å². The van der Waals surface area contributed by atoms with E-state index in [9.17, 15) is 23.3 Å². The van der Waals surface area contributed by atoms with Gasteiger partial charge < -0.3 is 5.32 Å². The lowest BCUT2D eigenvalue weighted by Crippen LogP contribution is -2.40. The fourth-order valence-electron chi connectivity index (χ4n) is 2.42. The number of piperidine rings is 1. The Morgan fingerprint density at radius 1 is 1.39 bits per heavy atom. The predicted octanol–water partition coefficient (Wildman–Crippen LogP) is 1.86. The minimum absolute atomic E-state index is 0.00513. The number of sulfonamides is 1. The van der Waals surface area contributed by atoms with Crippen molar-refractivity contribution in [2.24, 2.45) is 5.92 Å². The second-order valence-corrected chi connectivity index (χ2v) is 7.74. The summed E-state index contributed by atoms with van der Waals surface area (Å²) in [6.07, 6.45) is 1.96. The van der Waals surface area contributed by atoms with Crippen LogP contribution in [0.2, 0.25) is 5.02 Å². The SMILES string of the molecule is CS(=O)(=O)N1CCC(C(=O)Nc2ccc(Cl)c([N+](=O)[O-])c2)CC1. The average Bonchev–Trinajstić information content (AvgIpc) is 2.48. The number of anilines is 1. The molecule has 0 unspecified atom stereocenters. The van der Waals surface area contributed by atoms with Gasteiger partial charge in [-0.15, -0.1) is 0 Å². The largest absolute Gasteiger partial charge is 0.326 e. The number of hydrogen-bond donors (Lipinski definition) is 1. The van der Waals surface area contributed by atoms with Crippen LogP contribution in [0.5, 0.6) is 0 Å². The third kappa shape index (κ3) is 4.40. The molecule has 0 radical (unpaired) electrons. The van der Waals surface area contributed by atoms with E-state index in [4.69, 9.17) is 11.6 Å². The molecule has 1 amide bonds. The number of amides is 1. The van der Waals surface area contributed by atoms with Gasteiger partial charge in [-0.2, -0.15) is 0 Å². The highest BCUT2D eigenvalue weighted by molar-refractivity contribution is 7.88. The molecule has 0 bridgehead atoms. The molecule has 1 saturated heterocycles. The summed E-state index contributed by atoms with van der Waals surface area (Å²) in [6.45, 7) is 0.579. The minimum Gasteiger partial charge on any atom is -0.326 e. The summed E-state index contributed by atoms with van der Waals surface area (Å²) in [6, 6.07) is 4.03. The number of hydrogen-bond acceptors (Lipinski definition) is 5. The van der Waals surface area contributed by atoms with Gasteiger partial charge in [0, 0.05) is 30.8 Å². The standard InChI is InChI=1S/C13H16ClN3O5S/c1-23(21,22)16-6-4-9(5-7-16)13(18)15-10-2-3-11(14)12(8-10)17(19)20/h2-3,8-9H,4-7H2,1H3,(H,15,18). The van der Waals surface area contributed by atoms with Crippen LogP contribution in [0.25, 0.3) is 0 Å². The first kappa shape index (κ1) is 17.6. The minimum atomic E-state index is -3.24. The van der Waals surface area contributed by atoms with Gasteiger partial charge in [0.1, 0.15) is 5.02 Å². The van der Waals surface area contributed by atoms with E-state index in [-0.39, 0.29) is 41.3 Å². The van der Waals surface area contributed by atoms with Crippen molar-refractivity contribution in [3.8, 4) is 0 Å². The average molecular weight is 362 g/mol. The van der Waals surface area contributed by atoms with Gasteiger partial charge in [0.2, 0.25) is 15.9 Å². The Hall–Kier alpha value is -1.71. The van der Waals surface area contributed by atoms with Crippen LogP contribution in [0.1, 0.15) is 12.8 Å². The zero-order valence-corrected chi connectivity index (χ0v) is 13.9. The number of nitro groups is 1. The summed E-state index contributed by atoms with van der Waals surface area (Å²) in [5.41, 5.74) is 0.00741. The number of nitro benzene ring substituents is 1. The molecule has 8 nitrogen and oxygen atoms in total. The summed E-state index contributed by atoms with van der Waals surface area (Å²) >= 11 is 5.72. The van der Waals surface area contributed by atoms with Crippen molar-refractivity contribution in [2.75, 3.05) is 24.7 Å². The first-order chi connectivity index (χ1) is 10.7. The maximum Gasteiger partial charge on any atom is 0.289 e. The monoisotopic (exact) mass is 361 g/mol. The van der Waals surface area contributed by atoms with E-state index >= 15 is 0 Å². The van der Waals surface area contributed by atoms with Gasteiger partial charge in [-0.3, -0.25) is 14.9 Å². The smallest absolute Gasteiger partial charge is 0.289 e. The van der Waals surface area contributed by atoms with Crippen LogP contribution in [-0.2, 0) is 14.8 Å². The van der Waals surface area contributed by atoms with Crippen LogP contribution in [0.4, 0.5) is 11.4 Å². The fourth-order valence-corrected chi connectivity index (χ4v) is 3.48. The van der Waals surface area contributed by atoms with E-state index in [0.29, 0.717) is 12.8 Å². The highest BCUT2D eigenvalue weighted by Gasteiger charge is 2.29. The van der Waals surface area contributed by atoms with E-state index in [1.165, 1.54) is 22.5 Å². The number of nitrogens with one attached hydrogen (secondary N) is 1. The van der Waals surface area contributed by atoms with Crippen LogP contribution in [-0.4, -0.2) is 42.9 Å². The van der Waals surface area contributed by atoms with Gasteiger partial charge >= 0.3 is 0 Å². The third-order valence-electron chi connectivity index (χ3n) is 3.70. The number of rotatable bonds is 4. The third-order valence-corrected chi connectivity index (χ3v) is 5.33. The lowest BCUT2D eigenvalue weighted by atomic mass is 9.97. The molecule has 0 saturated carbocycles. The summed E-state index contributed by atoms with van der Waals surface area (Å²) in [4.78, 5) is 22.4. The maximum atomic E-state index is 12.2. The van der Waals surface area contributed by atoms with Crippen LogP contribution in [0, 0.1) is 16.0 Å². The Kier molecular flexibility index (Phi) is 5.23. The highest BCUT2D eigenvalue weighted by Crippen LogP contribution is 2.28. The summed E-state index contributed by atoms with van der Waals surface area (Å²) in [5.74, 6) is -0.613. The molecule has 1 fully saturated rings. The van der Waals surface area contributed by atoms with Gasteiger partial charge in [-0.05, 0) is 25.0 Å². The summed E-state index contributed by atoms with van der Waals surface area (Å²) in [7, 11) is -3.24. The molecule has 10 heteroatoms. The Labute approximate surface area is 138 Å². The molecule has 1 aromatic carbocycles. The van der Waals surface area contributed by atoms with E-state index < -0.39 is 14.9 Å². The number of carbonyl (C=O) groups is 1. The van der Waals surface area contributed by atoms with Crippen molar-refractivity contribution in [1.29, 1.82) is 0 Å². The van der Waals surface area contributed by atoms with E-state index in [2.05, 4.69) is 5.32 Å². The maximum absolute atomic E-state index is 12.2. The van der Waals surface area contributed by atoms with Crippen molar-refractivity contribution in [1.82, 2.24) is 4.31 Å². The van der Waals surface area contributed by atoms with E-state index in [1.54, 1.807) is 0 Å². The zero-order chi connectivity index (χ0) is 17.2. The van der Waals surface area contributed by atoms with Gasteiger partial charge in [-0.25, -0.2) is 12.7 Å². The van der Waals surface area contributed by atoms with Crippen molar-refractivity contribution >= 4 is 38.9 Å². The first-order valence-electron chi connectivity index (χ1n) is 6.88. The van der Waals surface area contributed by atoms with Crippen molar-refractivity contribution < 1.29 is 18.1 Å². The molecule has 1 aliphatic heterocycles. The second kappa shape index (κ2) is 6.81. The molecule has 0 spiro atoms. The number of halogens is 1. The van der Waals surface area contributed by atoms with Crippen LogP contribution in [0.3, 0.4) is 0 Å². The highest BCUT2D eigenvalue weighted by atomic mass is 35.5. The van der Waals surface area contributed by atoms with Crippen molar-refractivity contribution in [3.63, 3.8) is 0 Å². The zero-order valence-electron chi connectivity index (χ0n) is 12.4. The number of carbonyl (C=O) groups excluding carboxylic acids is 1. The molecule has 1 heterocycles. The van der Waals surface area contributed by atoms with Gasteiger partial charge in [-0.1, -0.05) is 11.6 Å². The molecule has 0 aliphatic carbocycles. The van der Waals surface area contributed by atoms with Crippen molar-refractivity contribution in [2.45, 2.75) is 12.8 Å². The van der Waals surface area contributed by atoms with E-state index in [0.717, 1.165) is 6.26 Å². The number of nitrogens with zero attached hydrogens (tertiary/aromatic N) is 2. The molecule has 1 aromatic rings. The molecule has 126 valence electrons. The lowest BCUT2D eigenvalue weighted by Gasteiger charge is -2.29. The predicted molar refractivity (Wildman–Crippen MR) is 85.9 cm³/mol. The van der Waals surface area contributed by atoms with Crippen LogP contribution < -0.4 is 5.32 Å². The normalized spacial score (nSPS) is 17.0. The molecule has 23 heavy (non-hydrogen) atoms. The molecule has 2 rings (SSSR count). The second-order valence-electron chi connectivity index (χ2n) is 5.35. The molecular formula is C13H16ClN3O5S. The Bertz CT molecular complexity index is 729. The van der Waals surface area contributed by atoms with Gasteiger partial charge in [0.25, 0.3) is 5.69 Å². The molecule has 1 aliphatic rings. The Morgan fingerprint density at radius 2 is 2.00 bits per heavy atom. The molecule has 1 N–H and O–H groups in total. The lowest BCUT2D eigenvalue weighted by molar-refractivity contribution is -0.384. The topological polar surface area (TPSA) is 110 Å². The number of benzene rings is 1. The quantitative estimate of drug-likeness (QED) is 0.650. The molecule has 0 aromatic heterocycles. The Morgan fingerprint density at radius 3 is 2.52 bits per heavy atom. The van der Waals surface area contributed by atoms with Gasteiger partial charge in [0.15, 0.2) is 0 Å². The summed E-state index contributed by atoms with van der Waals surface area (Å²) < 4.78 is 24.2. The fraction of sp³-hybridized carbons (Fsp3) is 0.462. The summed E-state index contributed by atoms with van der Waals surface area (Å²) in [5, 5.41) is 13.5. The van der Waals surface area contributed by atoms with E-state index in [1.807, 2.05) is 0 Å². The van der Waals surface area contributed by atoms with Crippen LogP contribution in [0.15, 0.2) is 18.2 Å². The first-order valence-corrected chi connectivity index (χ1v) is 9.11. The Balaban J connectivity index is 2.01.